The van der Waals surface area contributed by atoms with Gasteiger partial charge in [0.25, 0.3) is 5.91 Å². The SMILES string of the molecule is CC(N)C1CCCCN1C(=O)c1ccc2c(c1)CCC(=O)N2. The van der Waals surface area contributed by atoms with E-state index >= 15 is 0 Å². The minimum absolute atomic E-state index is 0.0128. The van der Waals surface area contributed by atoms with Crippen molar-refractivity contribution in [3.63, 3.8) is 0 Å². The van der Waals surface area contributed by atoms with Gasteiger partial charge in [0.1, 0.15) is 0 Å². The number of nitrogens with two attached hydrogens (primary N) is 1. The normalized spacial score (nSPS) is 22.7. The summed E-state index contributed by atoms with van der Waals surface area (Å²) >= 11 is 0. The summed E-state index contributed by atoms with van der Waals surface area (Å²) in [5.41, 5.74) is 8.63. The summed E-state index contributed by atoms with van der Waals surface area (Å²) in [5.74, 6) is 0.0985. The minimum atomic E-state index is -0.0128. The maximum Gasteiger partial charge on any atom is 0.254 e. The number of fused-ring (bicyclic) bond motifs is 1. The van der Waals surface area contributed by atoms with Crippen molar-refractivity contribution >= 4 is 17.5 Å². The molecule has 2 aliphatic rings. The first-order valence-electron chi connectivity index (χ1n) is 8.05. The first kappa shape index (κ1) is 15.0. The Labute approximate surface area is 130 Å². The van der Waals surface area contributed by atoms with E-state index in [0.717, 1.165) is 37.1 Å². The van der Waals surface area contributed by atoms with Gasteiger partial charge in [-0.3, -0.25) is 9.59 Å². The number of rotatable bonds is 2. The largest absolute Gasteiger partial charge is 0.334 e. The zero-order valence-corrected chi connectivity index (χ0v) is 13.0. The molecule has 0 spiro atoms. The predicted molar refractivity (Wildman–Crippen MR) is 85.7 cm³/mol. The van der Waals surface area contributed by atoms with Gasteiger partial charge in [0.05, 0.1) is 0 Å². The van der Waals surface area contributed by atoms with Crippen LogP contribution in [0, 0.1) is 0 Å². The fourth-order valence-electron chi connectivity index (χ4n) is 3.44. The van der Waals surface area contributed by atoms with Crippen molar-refractivity contribution in [1.82, 2.24) is 4.90 Å². The first-order chi connectivity index (χ1) is 10.6. The predicted octanol–water partition coefficient (Wildman–Crippen LogP) is 1.91. The van der Waals surface area contributed by atoms with Crippen LogP contribution >= 0.6 is 0 Å². The second kappa shape index (κ2) is 6.08. The molecule has 0 saturated carbocycles. The molecule has 0 radical (unpaired) electrons. The summed E-state index contributed by atoms with van der Waals surface area (Å²) in [5, 5.41) is 2.85. The third-order valence-corrected chi connectivity index (χ3v) is 4.66. The average molecular weight is 301 g/mol. The van der Waals surface area contributed by atoms with E-state index in [9.17, 15) is 9.59 Å². The minimum Gasteiger partial charge on any atom is -0.334 e. The highest BCUT2D eigenvalue weighted by atomic mass is 16.2. The van der Waals surface area contributed by atoms with Crippen molar-refractivity contribution in [2.45, 2.75) is 51.1 Å². The molecule has 0 aromatic heterocycles. The molecule has 2 aliphatic heterocycles. The van der Waals surface area contributed by atoms with Crippen LogP contribution in [0.1, 0.15) is 48.5 Å². The van der Waals surface area contributed by atoms with E-state index in [1.807, 2.05) is 24.0 Å². The molecule has 5 nitrogen and oxygen atoms in total. The molecule has 1 saturated heterocycles. The summed E-state index contributed by atoms with van der Waals surface area (Å²) < 4.78 is 0. The average Bonchev–Trinajstić information content (AvgIpc) is 2.53. The molecule has 2 heterocycles. The van der Waals surface area contributed by atoms with Gasteiger partial charge in [0.2, 0.25) is 5.91 Å². The van der Waals surface area contributed by atoms with Crippen LogP contribution in [0.15, 0.2) is 18.2 Å². The van der Waals surface area contributed by atoms with Gasteiger partial charge in [-0.25, -0.2) is 0 Å². The number of anilines is 1. The zero-order chi connectivity index (χ0) is 15.7. The number of likely N-dealkylation sites (tertiary alicyclic amines) is 1. The van der Waals surface area contributed by atoms with E-state index in [-0.39, 0.29) is 23.9 Å². The lowest BCUT2D eigenvalue weighted by atomic mass is 9.95. The van der Waals surface area contributed by atoms with E-state index in [4.69, 9.17) is 5.73 Å². The summed E-state index contributed by atoms with van der Waals surface area (Å²) in [6, 6.07) is 5.67. The number of carbonyl (C=O) groups is 2. The van der Waals surface area contributed by atoms with E-state index in [0.29, 0.717) is 18.4 Å². The number of benzene rings is 1. The van der Waals surface area contributed by atoms with E-state index in [1.54, 1.807) is 6.07 Å². The zero-order valence-electron chi connectivity index (χ0n) is 13.0. The van der Waals surface area contributed by atoms with Crippen LogP contribution in [0.5, 0.6) is 0 Å². The number of hydrogen-bond donors (Lipinski definition) is 2. The number of piperidine rings is 1. The molecule has 2 unspecified atom stereocenters. The van der Waals surface area contributed by atoms with Crippen LogP contribution in [-0.4, -0.2) is 35.3 Å². The van der Waals surface area contributed by atoms with Crippen molar-refractivity contribution in [2.24, 2.45) is 5.73 Å². The molecule has 1 aromatic carbocycles. The maximum atomic E-state index is 12.8. The van der Waals surface area contributed by atoms with Crippen LogP contribution in [0.2, 0.25) is 0 Å². The number of nitrogens with zero attached hydrogens (tertiary/aromatic N) is 1. The standard InChI is InChI=1S/C17H23N3O2/c1-11(18)15-4-2-3-9-20(15)17(22)13-5-7-14-12(10-13)6-8-16(21)19-14/h5,7,10-11,15H,2-4,6,8-9,18H2,1H3,(H,19,21). The number of amides is 2. The van der Waals surface area contributed by atoms with Gasteiger partial charge >= 0.3 is 0 Å². The lowest BCUT2D eigenvalue weighted by molar-refractivity contribution is -0.116. The molecule has 2 amide bonds. The smallest absolute Gasteiger partial charge is 0.254 e. The van der Waals surface area contributed by atoms with E-state index in [1.165, 1.54) is 0 Å². The molecule has 118 valence electrons. The Kier molecular flexibility index (Phi) is 4.16. The first-order valence-corrected chi connectivity index (χ1v) is 8.05. The van der Waals surface area contributed by atoms with Crippen molar-refractivity contribution in [3.8, 4) is 0 Å². The molecule has 2 atom stereocenters. The molecular formula is C17H23N3O2. The molecular weight excluding hydrogens is 278 g/mol. The van der Waals surface area contributed by atoms with Gasteiger partial charge < -0.3 is 16.0 Å². The molecule has 5 heteroatoms. The Bertz CT molecular complexity index is 598. The number of aryl methyl sites for hydroxylation is 1. The molecule has 0 bridgehead atoms. The Morgan fingerprint density at radius 3 is 2.95 bits per heavy atom. The van der Waals surface area contributed by atoms with Crippen LogP contribution in [0.3, 0.4) is 0 Å². The van der Waals surface area contributed by atoms with Crippen molar-refractivity contribution in [2.75, 3.05) is 11.9 Å². The Morgan fingerprint density at radius 1 is 1.36 bits per heavy atom. The summed E-state index contributed by atoms with van der Waals surface area (Å²) in [7, 11) is 0. The van der Waals surface area contributed by atoms with Gasteiger partial charge in [-0.1, -0.05) is 0 Å². The lowest BCUT2D eigenvalue weighted by Gasteiger charge is -2.38. The molecule has 3 N–H and O–H groups in total. The highest BCUT2D eigenvalue weighted by Gasteiger charge is 2.30. The van der Waals surface area contributed by atoms with E-state index in [2.05, 4.69) is 5.32 Å². The summed E-state index contributed by atoms with van der Waals surface area (Å²) in [4.78, 5) is 26.2. The van der Waals surface area contributed by atoms with Gasteiger partial charge in [0, 0.05) is 36.3 Å². The van der Waals surface area contributed by atoms with Gasteiger partial charge in [0.15, 0.2) is 0 Å². The van der Waals surface area contributed by atoms with Crippen molar-refractivity contribution in [1.29, 1.82) is 0 Å². The Morgan fingerprint density at radius 2 is 2.18 bits per heavy atom. The van der Waals surface area contributed by atoms with Crippen LogP contribution in [0.4, 0.5) is 5.69 Å². The summed E-state index contributed by atoms with van der Waals surface area (Å²) in [6.45, 7) is 2.75. The van der Waals surface area contributed by atoms with Crippen molar-refractivity contribution in [3.05, 3.63) is 29.3 Å². The van der Waals surface area contributed by atoms with Gasteiger partial charge in [-0.05, 0) is 56.4 Å². The molecule has 0 aliphatic carbocycles. The topological polar surface area (TPSA) is 75.4 Å². The third-order valence-electron chi connectivity index (χ3n) is 4.66. The second-order valence-corrected chi connectivity index (χ2v) is 6.34. The third kappa shape index (κ3) is 2.86. The summed E-state index contributed by atoms with van der Waals surface area (Å²) in [6.07, 6.45) is 4.32. The number of hydrogen-bond acceptors (Lipinski definition) is 3. The monoisotopic (exact) mass is 301 g/mol. The molecule has 3 rings (SSSR count). The highest BCUT2D eigenvalue weighted by Crippen LogP contribution is 2.26. The number of carbonyl (C=O) groups excluding carboxylic acids is 2. The maximum absolute atomic E-state index is 12.8. The van der Waals surface area contributed by atoms with Crippen LogP contribution < -0.4 is 11.1 Å². The van der Waals surface area contributed by atoms with Crippen LogP contribution in [0.25, 0.3) is 0 Å². The van der Waals surface area contributed by atoms with Crippen LogP contribution in [-0.2, 0) is 11.2 Å². The number of nitrogens with one attached hydrogen (secondary N) is 1. The lowest BCUT2D eigenvalue weighted by Crippen LogP contribution is -2.51. The van der Waals surface area contributed by atoms with Crippen molar-refractivity contribution < 1.29 is 9.59 Å². The van der Waals surface area contributed by atoms with Gasteiger partial charge in [-0.15, -0.1) is 0 Å². The van der Waals surface area contributed by atoms with E-state index < -0.39 is 0 Å². The molecule has 1 aromatic rings. The van der Waals surface area contributed by atoms with Gasteiger partial charge in [-0.2, -0.15) is 0 Å². The molecule has 22 heavy (non-hydrogen) atoms. The fraction of sp³-hybridized carbons (Fsp3) is 0.529. The Hall–Kier alpha value is -1.88. The molecule has 1 fully saturated rings. The highest BCUT2D eigenvalue weighted by molar-refractivity contribution is 5.98. The fourth-order valence-corrected chi connectivity index (χ4v) is 3.44. The quantitative estimate of drug-likeness (QED) is 0.876. The Balaban J connectivity index is 1.84. The second-order valence-electron chi connectivity index (χ2n) is 6.34.